The first kappa shape index (κ1) is 10.4. The van der Waals surface area contributed by atoms with Crippen molar-refractivity contribution in [3.63, 3.8) is 0 Å². The lowest BCUT2D eigenvalue weighted by molar-refractivity contribution is 0.299. The molecule has 0 aliphatic carbocycles. The number of benzene rings is 1. The molecule has 0 radical (unpaired) electrons. The fourth-order valence-corrected chi connectivity index (χ4v) is 2.29. The Morgan fingerprint density at radius 1 is 1.18 bits per heavy atom. The SMILES string of the molecule is c1ccc(OCc2ncn3c2CCCC3)cc1. The molecule has 3 heteroatoms. The lowest BCUT2D eigenvalue weighted by Crippen LogP contribution is -2.11. The van der Waals surface area contributed by atoms with E-state index in [1.54, 1.807) is 0 Å². The molecule has 0 N–H and O–H groups in total. The fourth-order valence-electron chi connectivity index (χ4n) is 2.29. The van der Waals surface area contributed by atoms with Crippen LogP contribution in [0.4, 0.5) is 0 Å². The van der Waals surface area contributed by atoms with Crippen LogP contribution in [0.1, 0.15) is 24.2 Å². The second kappa shape index (κ2) is 4.62. The van der Waals surface area contributed by atoms with E-state index >= 15 is 0 Å². The van der Waals surface area contributed by atoms with Crippen molar-refractivity contribution in [1.82, 2.24) is 9.55 Å². The summed E-state index contributed by atoms with van der Waals surface area (Å²) in [7, 11) is 0. The molecule has 17 heavy (non-hydrogen) atoms. The third kappa shape index (κ3) is 2.18. The molecule has 3 rings (SSSR count). The van der Waals surface area contributed by atoms with Crippen molar-refractivity contribution in [3.05, 3.63) is 48.0 Å². The topological polar surface area (TPSA) is 27.1 Å². The van der Waals surface area contributed by atoms with Crippen molar-refractivity contribution in [3.8, 4) is 5.75 Å². The second-order valence-corrected chi connectivity index (χ2v) is 4.39. The Hall–Kier alpha value is -1.77. The molecular formula is C14H16N2O. The molecule has 0 amide bonds. The van der Waals surface area contributed by atoms with E-state index in [9.17, 15) is 0 Å². The Morgan fingerprint density at radius 2 is 2.06 bits per heavy atom. The molecule has 0 atom stereocenters. The molecule has 1 aromatic carbocycles. The van der Waals surface area contributed by atoms with Crippen LogP contribution in [0.25, 0.3) is 0 Å². The van der Waals surface area contributed by atoms with Crippen LogP contribution in [0.3, 0.4) is 0 Å². The van der Waals surface area contributed by atoms with E-state index < -0.39 is 0 Å². The van der Waals surface area contributed by atoms with Gasteiger partial charge in [0.05, 0.1) is 12.0 Å². The monoisotopic (exact) mass is 228 g/mol. The summed E-state index contributed by atoms with van der Waals surface area (Å²) in [6.07, 6.45) is 5.61. The molecule has 1 aromatic heterocycles. The molecule has 1 aliphatic rings. The summed E-state index contributed by atoms with van der Waals surface area (Å²) in [5.74, 6) is 0.907. The van der Waals surface area contributed by atoms with Gasteiger partial charge in [0.15, 0.2) is 0 Å². The highest BCUT2D eigenvalue weighted by Crippen LogP contribution is 2.19. The standard InChI is InChI=1S/C14H16N2O/c1-2-6-12(7-3-1)17-10-13-14-8-4-5-9-16(14)11-15-13/h1-3,6-7,11H,4-5,8-10H2. The van der Waals surface area contributed by atoms with Crippen molar-refractivity contribution in [2.75, 3.05) is 0 Å². The number of para-hydroxylation sites is 1. The minimum absolute atomic E-state index is 0.576. The van der Waals surface area contributed by atoms with E-state index in [1.165, 1.54) is 18.5 Å². The number of imidazole rings is 1. The predicted molar refractivity (Wildman–Crippen MR) is 65.9 cm³/mol. The van der Waals surface area contributed by atoms with Crippen molar-refractivity contribution in [2.24, 2.45) is 0 Å². The third-order valence-electron chi connectivity index (χ3n) is 3.21. The first-order chi connectivity index (χ1) is 8.43. The van der Waals surface area contributed by atoms with Crippen molar-refractivity contribution >= 4 is 0 Å². The molecule has 3 nitrogen and oxygen atoms in total. The molecule has 0 saturated heterocycles. The Kier molecular flexibility index (Phi) is 2.82. The molecule has 1 aliphatic heterocycles. The van der Waals surface area contributed by atoms with Gasteiger partial charge in [0.25, 0.3) is 0 Å². The zero-order chi connectivity index (χ0) is 11.5. The largest absolute Gasteiger partial charge is 0.487 e. The zero-order valence-electron chi connectivity index (χ0n) is 9.80. The number of nitrogens with zero attached hydrogens (tertiary/aromatic N) is 2. The van der Waals surface area contributed by atoms with Crippen LogP contribution in [-0.4, -0.2) is 9.55 Å². The number of hydrogen-bond acceptors (Lipinski definition) is 2. The molecular weight excluding hydrogens is 212 g/mol. The Bertz CT molecular complexity index is 490. The molecule has 0 fully saturated rings. The third-order valence-corrected chi connectivity index (χ3v) is 3.21. The summed E-state index contributed by atoms with van der Waals surface area (Å²) in [4.78, 5) is 4.45. The minimum Gasteiger partial charge on any atom is -0.487 e. The predicted octanol–water partition coefficient (Wildman–Crippen LogP) is 2.80. The Labute approximate surface area is 101 Å². The highest BCUT2D eigenvalue weighted by Gasteiger charge is 2.14. The molecule has 0 bridgehead atoms. The van der Waals surface area contributed by atoms with Gasteiger partial charge < -0.3 is 9.30 Å². The Morgan fingerprint density at radius 3 is 2.94 bits per heavy atom. The van der Waals surface area contributed by atoms with Gasteiger partial charge in [0.2, 0.25) is 0 Å². The second-order valence-electron chi connectivity index (χ2n) is 4.39. The summed E-state index contributed by atoms with van der Waals surface area (Å²) in [6, 6.07) is 9.91. The van der Waals surface area contributed by atoms with Gasteiger partial charge in [-0.1, -0.05) is 18.2 Å². The van der Waals surface area contributed by atoms with Gasteiger partial charge in [-0.25, -0.2) is 4.98 Å². The van der Waals surface area contributed by atoms with E-state index in [4.69, 9.17) is 4.74 Å². The van der Waals surface area contributed by atoms with E-state index in [-0.39, 0.29) is 0 Å². The van der Waals surface area contributed by atoms with Gasteiger partial charge in [0.1, 0.15) is 12.4 Å². The summed E-state index contributed by atoms with van der Waals surface area (Å²) in [5, 5.41) is 0. The van der Waals surface area contributed by atoms with Crippen LogP contribution in [-0.2, 0) is 19.6 Å². The van der Waals surface area contributed by atoms with Crippen LogP contribution >= 0.6 is 0 Å². The van der Waals surface area contributed by atoms with Crippen LogP contribution < -0.4 is 4.74 Å². The maximum absolute atomic E-state index is 5.74. The molecule has 0 spiro atoms. The quantitative estimate of drug-likeness (QED) is 0.807. The molecule has 0 unspecified atom stereocenters. The molecule has 2 aromatic rings. The number of ether oxygens (including phenoxy) is 1. The number of rotatable bonds is 3. The summed E-state index contributed by atoms with van der Waals surface area (Å²) >= 11 is 0. The Balaban J connectivity index is 1.71. The minimum atomic E-state index is 0.576. The number of aryl methyl sites for hydroxylation is 1. The van der Waals surface area contributed by atoms with Gasteiger partial charge in [-0.15, -0.1) is 0 Å². The van der Waals surface area contributed by atoms with E-state index in [1.807, 2.05) is 36.7 Å². The van der Waals surface area contributed by atoms with Crippen molar-refractivity contribution in [1.29, 1.82) is 0 Å². The van der Waals surface area contributed by atoms with Gasteiger partial charge in [-0.3, -0.25) is 0 Å². The van der Waals surface area contributed by atoms with Crippen molar-refractivity contribution in [2.45, 2.75) is 32.4 Å². The lowest BCUT2D eigenvalue weighted by Gasteiger charge is -2.15. The summed E-state index contributed by atoms with van der Waals surface area (Å²) in [6.45, 7) is 1.68. The maximum atomic E-state index is 5.74. The van der Waals surface area contributed by atoms with E-state index in [0.29, 0.717) is 6.61 Å². The van der Waals surface area contributed by atoms with Crippen molar-refractivity contribution < 1.29 is 4.74 Å². The number of aromatic nitrogens is 2. The van der Waals surface area contributed by atoms with E-state index in [0.717, 1.165) is 24.4 Å². The highest BCUT2D eigenvalue weighted by atomic mass is 16.5. The van der Waals surface area contributed by atoms with Gasteiger partial charge in [0, 0.05) is 12.2 Å². The molecule has 0 saturated carbocycles. The van der Waals surface area contributed by atoms with Gasteiger partial charge in [-0.2, -0.15) is 0 Å². The number of hydrogen-bond donors (Lipinski definition) is 0. The van der Waals surface area contributed by atoms with E-state index in [2.05, 4.69) is 9.55 Å². The zero-order valence-corrected chi connectivity index (χ0v) is 9.80. The normalized spacial score (nSPS) is 14.4. The maximum Gasteiger partial charge on any atom is 0.132 e. The lowest BCUT2D eigenvalue weighted by atomic mass is 10.1. The first-order valence-corrected chi connectivity index (χ1v) is 6.14. The highest BCUT2D eigenvalue weighted by molar-refractivity contribution is 5.22. The van der Waals surface area contributed by atoms with Crippen LogP contribution in [0.2, 0.25) is 0 Å². The van der Waals surface area contributed by atoms with Crippen LogP contribution in [0.15, 0.2) is 36.7 Å². The van der Waals surface area contributed by atoms with Gasteiger partial charge in [-0.05, 0) is 31.4 Å². The molecule has 2 heterocycles. The average molecular weight is 228 g/mol. The van der Waals surface area contributed by atoms with Crippen LogP contribution in [0.5, 0.6) is 5.75 Å². The smallest absolute Gasteiger partial charge is 0.132 e. The summed E-state index contributed by atoms with van der Waals surface area (Å²) in [5.41, 5.74) is 2.45. The average Bonchev–Trinajstić information content (AvgIpc) is 2.81. The van der Waals surface area contributed by atoms with Crippen LogP contribution in [0, 0.1) is 0 Å². The first-order valence-electron chi connectivity index (χ1n) is 6.14. The summed E-state index contributed by atoms with van der Waals surface area (Å²) < 4.78 is 8.00. The number of fused-ring (bicyclic) bond motifs is 1. The van der Waals surface area contributed by atoms with Gasteiger partial charge >= 0.3 is 0 Å². The molecule has 88 valence electrons. The fraction of sp³-hybridized carbons (Fsp3) is 0.357.